The van der Waals surface area contributed by atoms with E-state index in [1.165, 1.54) is 45.6 Å². The Hall–Kier alpha value is -2.66. The van der Waals surface area contributed by atoms with Gasteiger partial charge in [-0.25, -0.2) is 0 Å². The lowest BCUT2D eigenvalue weighted by Crippen LogP contribution is -2.56. The SMILES string of the molecule is CCCCCCCCCCCC(=O)N(CCOC)C1C=C(C(=O)NCCO)C2c3cc(CO)cc(OC)c3OC2C1O. The number of fused-ring (bicyclic) bond motifs is 3. The molecule has 4 unspecified atom stereocenters. The molecule has 10 heteroatoms. The van der Waals surface area contributed by atoms with Crippen molar-refractivity contribution in [2.24, 2.45) is 0 Å². The van der Waals surface area contributed by atoms with Gasteiger partial charge < -0.3 is 39.7 Å². The zero-order chi connectivity index (χ0) is 30.5. The average Bonchev–Trinajstić information content (AvgIpc) is 3.39. The third-order valence-electron chi connectivity index (χ3n) is 8.21. The third kappa shape index (κ3) is 8.46. The average molecular weight is 591 g/mol. The molecule has 0 saturated carbocycles. The summed E-state index contributed by atoms with van der Waals surface area (Å²) < 4.78 is 17.1. The molecule has 0 radical (unpaired) electrons. The maximum absolute atomic E-state index is 13.6. The van der Waals surface area contributed by atoms with Gasteiger partial charge in [-0.05, 0) is 30.2 Å². The quantitative estimate of drug-likeness (QED) is 0.180. The standard InChI is InChI=1S/C32H50N2O8/c1-4-5-6-7-8-9-10-11-12-13-27(37)34(15-17-40-2)25-20-24(32(39)33-14-16-35)28-23-18-22(21-36)19-26(41-3)30(23)42-31(28)29(25)38/h18-20,25,28-29,31,35-36,38H,4-17,21H2,1-3H3,(H,33,39). The number of unbranched alkanes of at least 4 members (excludes halogenated alkanes) is 8. The molecule has 4 N–H and O–H groups in total. The molecule has 1 aromatic carbocycles. The van der Waals surface area contributed by atoms with E-state index in [-0.39, 0.29) is 38.8 Å². The zero-order valence-electron chi connectivity index (χ0n) is 25.5. The number of aliphatic hydroxyl groups excluding tert-OH is 3. The number of hydrogen-bond donors (Lipinski definition) is 4. The van der Waals surface area contributed by atoms with Gasteiger partial charge in [0.05, 0.1) is 38.9 Å². The summed E-state index contributed by atoms with van der Waals surface area (Å²) in [5, 5.41) is 33.5. The van der Waals surface area contributed by atoms with Crippen LogP contribution in [0.1, 0.15) is 88.2 Å². The molecule has 1 heterocycles. The Morgan fingerprint density at radius 3 is 2.33 bits per heavy atom. The first-order valence-corrected chi connectivity index (χ1v) is 15.5. The van der Waals surface area contributed by atoms with Crippen molar-refractivity contribution in [3.63, 3.8) is 0 Å². The molecule has 0 bridgehead atoms. The number of nitrogens with one attached hydrogen (secondary N) is 1. The van der Waals surface area contributed by atoms with E-state index in [1.807, 2.05) is 0 Å². The van der Waals surface area contributed by atoms with Crippen LogP contribution >= 0.6 is 0 Å². The van der Waals surface area contributed by atoms with Crippen molar-refractivity contribution in [1.82, 2.24) is 10.2 Å². The van der Waals surface area contributed by atoms with Crippen LogP contribution in [-0.4, -0.2) is 90.8 Å². The summed E-state index contributed by atoms with van der Waals surface area (Å²) in [7, 11) is 3.05. The van der Waals surface area contributed by atoms with Crippen LogP contribution in [-0.2, 0) is 20.9 Å². The van der Waals surface area contributed by atoms with E-state index in [1.54, 1.807) is 30.2 Å². The lowest BCUT2D eigenvalue weighted by Gasteiger charge is -2.40. The molecule has 2 aliphatic rings. The molecule has 1 aliphatic heterocycles. The van der Waals surface area contributed by atoms with E-state index in [4.69, 9.17) is 14.2 Å². The second-order valence-electron chi connectivity index (χ2n) is 11.2. The zero-order valence-corrected chi connectivity index (χ0v) is 25.5. The van der Waals surface area contributed by atoms with Crippen molar-refractivity contribution < 1.29 is 39.1 Å². The van der Waals surface area contributed by atoms with Gasteiger partial charge in [0.2, 0.25) is 11.8 Å². The van der Waals surface area contributed by atoms with Crippen molar-refractivity contribution in [2.75, 3.05) is 40.5 Å². The van der Waals surface area contributed by atoms with Gasteiger partial charge in [-0.1, -0.05) is 58.3 Å². The van der Waals surface area contributed by atoms with E-state index in [0.29, 0.717) is 34.6 Å². The number of methoxy groups -OCH3 is 2. The number of carbonyl (C=O) groups is 2. The second kappa shape index (κ2) is 17.5. The number of ether oxygens (including phenoxy) is 3. The van der Waals surface area contributed by atoms with E-state index < -0.39 is 30.1 Å². The Kier molecular flexibility index (Phi) is 14.1. The van der Waals surface area contributed by atoms with Gasteiger partial charge in [0, 0.05) is 37.8 Å². The summed E-state index contributed by atoms with van der Waals surface area (Å²) in [5.41, 5.74) is 1.54. The van der Waals surface area contributed by atoms with Gasteiger partial charge in [0.15, 0.2) is 11.5 Å². The molecule has 42 heavy (non-hydrogen) atoms. The van der Waals surface area contributed by atoms with Crippen molar-refractivity contribution >= 4 is 11.8 Å². The predicted octanol–water partition coefficient (Wildman–Crippen LogP) is 3.21. The topological polar surface area (TPSA) is 138 Å². The minimum Gasteiger partial charge on any atom is -0.493 e. The smallest absolute Gasteiger partial charge is 0.247 e. The first-order valence-electron chi connectivity index (χ1n) is 15.5. The van der Waals surface area contributed by atoms with E-state index in [2.05, 4.69) is 12.2 Å². The molecule has 1 aliphatic carbocycles. The van der Waals surface area contributed by atoms with Gasteiger partial charge >= 0.3 is 0 Å². The highest BCUT2D eigenvalue weighted by atomic mass is 16.5. The van der Waals surface area contributed by atoms with Crippen molar-refractivity contribution in [3.8, 4) is 11.5 Å². The Bertz CT molecular complexity index is 1050. The summed E-state index contributed by atoms with van der Waals surface area (Å²) in [6, 6.07) is 2.59. The minimum absolute atomic E-state index is 0.0550. The molecule has 236 valence electrons. The first kappa shape index (κ1) is 33.8. The second-order valence-corrected chi connectivity index (χ2v) is 11.2. The van der Waals surface area contributed by atoms with Crippen LogP contribution in [0.25, 0.3) is 0 Å². The highest BCUT2D eigenvalue weighted by Crippen LogP contribution is 2.51. The van der Waals surface area contributed by atoms with E-state index >= 15 is 0 Å². The Morgan fingerprint density at radius 2 is 1.71 bits per heavy atom. The Morgan fingerprint density at radius 1 is 1.02 bits per heavy atom. The number of nitrogens with zero attached hydrogens (tertiary/aromatic N) is 1. The van der Waals surface area contributed by atoms with Crippen LogP contribution < -0.4 is 14.8 Å². The van der Waals surface area contributed by atoms with Crippen LogP contribution in [0.15, 0.2) is 23.8 Å². The maximum atomic E-state index is 13.6. The Labute approximate surface area is 250 Å². The lowest BCUT2D eigenvalue weighted by atomic mass is 9.77. The van der Waals surface area contributed by atoms with Crippen molar-refractivity contribution in [1.29, 1.82) is 0 Å². The van der Waals surface area contributed by atoms with Gasteiger partial charge in [0.1, 0.15) is 12.2 Å². The number of hydrogen-bond acceptors (Lipinski definition) is 8. The number of rotatable bonds is 19. The van der Waals surface area contributed by atoms with Crippen LogP contribution in [0.4, 0.5) is 0 Å². The molecular formula is C32H50N2O8. The van der Waals surface area contributed by atoms with E-state index in [0.717, 1.165) is 19.3 Å². The fraction of sp³-hybridized carbons (Fsp3) is 0.688. The van der Waals surface area contributed by atoms with Gasteiger partial charge in [0.25, 0.3) is 0 Å². The summed E-state index contributed by atoms with van der Waals surface area (Å²) in [6.45, 7) is 2.32. The predicted molar refractivity (Wildman–Crippen MR) is 159 cm³/mol. The molecule has 3 rings (SSSR count). The largest absolute Gasteiger partial charge is 0.493 e. The molecule has 2 amide bonds. The molecular weight excluding hydrogens is 540 g/mol. The number of aliphatic hydroxyl groups is 3. The highest BCUT2D eigenvalue weighted by Gasteiger charge is 2.51. The number of amides is 2. The molecule has 0 spiro atoms. The number of carbonyl (C=O) groups excluding carboxylic acids is 2. The number of benzene rings is 1. The molecule has 10 nitrogen and oxygen atoms in total. The van der Waals surface area contributed by atoms with Gasteiger partial charge in [-0.3, -0.25) is 9.59 Å². The summed E-state index contributed by atoms with van der Waals surface area (Å²) >= 11 is 0. The molecule has 4 atom stereocenters. The highest BCUT2D eigenvalue weighted by molar-refractivity contribution is 5.96. The molecule has 0 aromatic heterocycles. The Balaban J connectivity index is 1.82. The van der Waals surface area contributed by atoms with Crippen LogP contribution in [0, 0.1) is 0 Å². The van der Waals surface area contributed by atoms with Crippen molar-refractivity contribution in [3.05, 3.63) is 34.9 Å². The van der Waals surface area contributed by atoms with Crippen LogP contribution in [0.3, 0.4) is 0 Å². The maximum Gasteiger partial charge on any atom is 0.247 e. The summed E-state index contributed by atoms with van der Waals surface area (Å²) in [6.07, 6.45) is 10.3. The molecule has 1 aromatic rings. The lowest BCUT2D eigenvalue weighted by molar-refractivity contribution is -0.138. The third-order valence-corrected chi connectivity index (χ3v) is 8.21. The monoisotopic (exact) mass is 590 g/mol. The van der Waals surface area contributed by atoms with Crippen LogP contribution in [0.5, 0.6) is 11.5 Å². The van der Waals surface area contributed by atoms with Crippen LogP contribution in [0.2, 0.25) is 0 Å². The minimum atomic E-state index is -1.14. The van der Waals surface area contributed by atoms with E-state index in [9.17, 15) is 24.9 Å². The first-order chi connectivity index (χ1) is 20.4. The summed E-state index contributed by atoms with van der Waals surface area (Å²) in [4.78, 5) is 28.5. The fourth-order valence-electron chi connectivity index (χ4n) is 5.98. The normalized spacial score (nSPS) is 20.8. The molecule has 0 saturated heterocycles. The summed E-state index contributed by atoms with van der Waals surface area (Å²) in [5.74, 6) is -0.391. The van der Waals surface area contributed by atoms with Crippen molar-refractivity contribution in [2.45, 2.75) is 102 Å². The molecule has 0 fully saturated rings. The van der Waals surface area contributed by atoms with Gasteiger partial charge in [-0.15, -0.1) is 0 Å². The van der Waals surface area contributed by atoms with Gasteiger partial charge in [-0.2, -0.15) is 0 Å². The fourth-order valence-corrected chi connectivity index (χ4v) is 5.98.